The largest absolute Gasteiger partial charge is 0.444 e. The number of ketones is 1. The molecule has 30 heavy (non-hydrogen) atoms. The number of carbonyl (C=O) groups is 2. The van der Waals surface area contributed by atoms with Crippen molar-refractivity contribution in [2.75, 3.05) is 36.8 Å². The standard InChI is InChI=1S/C21H26BrN5O3.2H2/c1-21(2,3)30-20(29)27-9-5-8-26(10-11-27)17-7-4-6-16(25-17)18(28)15-12-14(22)13-24-19(15)23;;/h4,6-7,12-13H,5,8-11H2,1-3H3,(H2,23,24);2*1H. The number of ether oxygens (including phenoxy) is 1. The topological polar surface area (TPSA) is 102 Å². The van der Waals surface area contributed by atoms with E-state index in [9.17, 15) is 9.59 Å². The number of nitrogens with zero attached hydrogens (tertiary/aromatic N) is 4. The Morgan fingerprint density at radius 3 is 2.70 bits per heavy atom. The normalized spacial score (nSPS) is 14.9. The highest BCUT2D eigenvalue weighted by Crippen LogP contribution is 2.21. The van der Waals surface area contributed by atoms with Crippen LogP contribution in [0.25, 0.3) is 0 Å². The molecule has 164 valence electrons. The van der Waals surface area contributed by atoms with Gasteiger partial charge in [0.1, 0.15) is 22.9 Å². The lowest BCUT2D eigenvalue weighted by Gasteiger charge is -2.26. The monoisotopic (exact) mass is 479 g/mol. The van der Waals surface area contributed by atoms with Crippen molar-refractivity contribution < 1.29 is 17.2 Å². The minimum absolute atomic E-state index is 0. The summed E-state index contributed by atoms with van der Waals surface area (Å²) in [6.45, 7) is 8.04. The van der Waals surface area contributed by atoms with Crippen molar-refractivity contribution in [1.82, 2.24) is 14.9 Å². The van der Waals surface area contributed by atoms with Crippen molar-refractivity contribution in [2.24, 2.45) is 0 Å². The van der Waals surface area contributed by atoms with Crippen molar-refractivity contribution >= 4 is 39.4 Å². The molecule has 0 radical (unpaired) electrons. The average Bonchev–Trinajstić information content (AvgIpc) is 2.94. The van der Waals surface area contributed by atoms with Crippen LogP contribution in [0.3, 0.4) is 0 Å². The van der Waals surface area contributed by atoms with E-state index in [1.165, 1.54) is 0 Å². The molecule has 2 aromatic heterocycles. The summed E-state index contributed by atoms with van der Waals surface area (Å²) in [6.07, 6.45) is 2.02. The molecule has 0 aromatic carbocycles. The van der Waals surface area contributed by atoms with Gasteiger partial charge in [-0.1, -0.05) is 6.07 Å². The minimum Gasteiger partial charge on any atom is -0.444 e. The number of aromatic nitrogens is 2. The first-order valence-corrected chi connectivity index (χ1v) is 10.6. The summed E-state index contributed by atoms with van der Waals surface area (Å²) in [6, 6.07) is 6.97. The van der Waals surface area contributed by atoms with Gasteiger partial charge >= 0.3 is 6.09 Å². The average molecular weight is 480 g/mol. The second-order valence-corrected chi connectivity index (χ2v) is 9.02. The third kappa shape index (κ3) is 5.47. The fourth-order valence-electron chi connectivity index (χ4n) is 3.15. The summed E-state index contributed by atoms with van der Waals surface area (Å²) in [4.78, 5) is 37.6. The lowest BCUT2D eigenvalue weighted by molar-refractivity contribution is 0.0263. The van der Waals surface area contributed by atoms with E-state index in [-0.39, 0.29) is 20.5 Å². The zero-order chi connectivity index (χ0) is 21.9. The van der Waals surface area contributed by atoms with Crippen LogP contribution in [0.1, 0.15) is 46.1 Å². The van der Waals surface area contributed by atoms with Crippen molar-refractivity contribution in [3.63, 3.8) is 0 Å². The molecule has 0 unspecified atom stereocenters. The van der Waals surface area contributed by atoms with Gasteiger partial charge < -0.3 is 20.3 Å². The molecular weight excluding hydrogens is 450 g/mol. The number of hydrogen-bond donors (Lipinski definition) is 1. The second-order valence-electron chi connectivity index (χ2n) is 8.10. The van der Waals surface area contributed by atoms with Crippen molar-refractivity contribution in [2.45, 2.75) is 32.8 Å². The van der Waals surface area contributed by atoms with E-state index in [1.54, 1.807) is 29.3 Å². The van der Waals surface area contributed by atoms with Crippen LogP contribution in [0.2, 0.25) is 0 Å². The number of amides is 1. The zero-order valence-electron chi connectivity index (χ0n) is 17.4. The number of halogens is 1. The molecular formula is C21H30BrN5O3. The molecule has 1 aliphatic rings. The van der Waals surface area contributed by atoms with Crippen LogP contribution in [-0.4, -0.2) is 58.5 Å². The summed E-state index contributed by atoms with van der Waals surface area (Å²) >= 11 is 3.32. The van der Waals surface area contributed by atoms with E-state index in [4.69, 9.17) is 10.5 Å². The Labute approximate surface area is 187 Å². The SMILES string of the molecule is CC(C)(C)OC(=O)N1CCCN(c2cccc(C(=O)c3cc(Br)cnc3N)n2)CC1.[HH].[HH]. The Morgan fingerprint density at radius 2 is 1.97 bits per heavy atom. The van der Waals surface area contributed by atoms with E-state index in [0.29, 0.717) is 41.2 Å². The van der Waals surface area contributed by atoms with Gasteiger partial charge in [0.15, 0.2) is 0 Å². The van der Waals surface area contributed by atoms with Crippen LogP contribution in [0.4, 0.5) is 16.4 Å². The first-order valence-electron chi connectivity index (χ1n) is 9.80. The summed E-state index contributed by atoms with van der Waals surface area (Å²) in [5.41, 5.74) is 5.96. The fourth-order valence-corrected chi connectivity index (χ4v) is 3.48. The molecule has 0 aliphatic carbocycles. The number of hydrogen-bond acceptors (Lipinski definition) is 7. The molecule has 2 aromatic rings. The Balaban J connectivity index is 0.00000256. The summed E-state index contributed by atoms with van der Waals surface area (Å²) in [7, 11) is 0. The fraction of sp³-hybridized carbons (Fsp3) is 0.429. The second kappa shape index (κ2) is 8.99. The molecule has 0 atom stereocenters. The Kier molecular flexibility index (Phi) is 6.60. The highest BCUT2D eigenvalue weighted by molar-refractivity contribution is 9.10. The van der Waals surface area contributed by atoms with Gasteiger partial charge in [-0.3, -0.25) is 4.79 Å². The first-order chi connectivity index (χ1) is 14.1. The maximum absolute atomic E-state index is 12.9. The van der Waals surface area contributed by atoms with Gasteiger partial charge in [0.25, 0.3) is 0 Å². The number of carbonyl (C=O) groups excluding carboxylic acids is 2. The number of rotatable bonds is 3. The lowest BCUT2D eigenvalue weighted by atomic mass is 10.1. The zero-order valence-corrected chi connectivity index (χ0v) is 19.0. The maximum atomic E-state index is 12.9. The molecule has 2 N–H and O–H groups in total. The molecule has 1 amide bonds. The van der Waals surface area contributed by atoms with Crippen LogP contribution in [0.15, 0.2) is 34.9 Å². The highest BCUT2D eigenvalue weighted by atomic mass is 79.9. The van der Waals surface area contributed by atoms with Crippen LogP contribution in [0, 0.1) is 0 Å². The summed E-state index contributed by atoms with van der Waals surface area (Å²) in [5.74, 6) is 0.569. The van der Waals surface area contributed by atoms with E-state index < -0.39 is 5.60 Å². The minimum atomic E-state index is -0.525. The molecule has 3 heterocycles. The Hall–Kier alpha value is -2.68. The van der Waals surface area contributed by atoms with Crippen LogP contribution in [-0.2, 0) is 4.74 Å². The smallest absolute Gasteiger partial charge is 0.410 e. The third-order valence-corrected chi connectivity index (χ3v) is 5.00. The van der Waals surface area contributed by atoms with E-state index in [2.05, 4.69) is 30.8 Å². The van der Waals surface area contributed by atoms with E-state index in [0.717, 1.165) is 13.0 Å². The van der Waals surface area contributed by atoms with Gasteiger partial charge in [-0.2, -0.15) is 0 Å². The molecule has 3 rings (SSSR count). The van der Waals surface area contributed by atoms with Crippen molar-refractivity contribution in [1.29, 1.82) is 0 Å². The van der Waals surface area contributed by atoms with Gasteiger partial charge in [-0.05, 0) is 61.3 Å². The van der Waals surface area contributed by atoms with Gasteiger partial charge in [0.2, 0.25) is 5.78 Å². The van der Waals surface area contributed by atoms with Gasteiger partial charge in [-0.15, -0.1) is 0 Å². The molecule has 1 aliphatic heterocycles. The van der Waals surface area contributed by atoms with E-state index in [1.807, 2.05) is 26.8 Å². The van der Waals surface area contributed by atoms with Crippen LogP contribution in [0.5, 0.6) is 0 Å². The summed E-state index contributed by atoms with van der Waals surface area (Å²) in [5, 5.41) is 0. The van der Waals surface area contributed by atoms with Gasteiger partial charge in [-0.25, -0.2) is 14.8 Å². The molecule has 1 saturated heterocycles. The number of anilines is 2. The number of nitrogens with two attached hydrogens (primary N) is 1. The van der Waals surface area contributed by atoms with Crippen LogP contribution >= 0.6 is 15.9 Å². The molecule has 0 spiro atoms. The molecule has 0 bridgehead atoms. The van der Waals surface area contributed by atoms with E-state index >= 15 is 0 Å². The molecule has 1 fully saturated rings. The summed E-state index contributed by atoms with van der Waals surface area (Å²) < 4.78 is 6.15. The quantitative estimate of drug-likeness (QED) is 0.663. The third-order valence-electron chi connectivity index (χ3n) is 4.57. The first kappa shape index (κ1) is 22.0. The Morgan fingerprint density at radius 1 is 1.20 bits per heavy atom. The molecule has 9 heteroatoms. The number of pyridine rings is 2. The van der Waals surface area contributed by atoms with Crippen molar-refractivity contribution in [3.05, 3.63) is 46.2 Å². The van der Waals surface area contributed by atoms with Crippen LogP contribution < -0.4 is 10.6 Å². The highest BCUT2D eigenvalue weighted by Gasteiger charge is 2.25. The lowest BCUT2D eigenvalue weighted by Crippen LogP contribution is -2.39. The van der Waals surface area contributed by atoms with Crippen molar-refractivity contribution in [3.8, 4) is 0 Å². The van der Waals surface area contributed by atoms with Gasteiger partial charge in [0, 0.05) is 39.7 Å². The van der Waals surface area contributed by atoms with Gasteiger partial charge in [0.05, 0.1) is 5.56 Å². The Bertz CT molecular complexity index is 955. The molecule has 0 saturated carbocycles. The molecule has 8 nitrogen and oxygen atoms in total. The maximum Gasteiger partial charge on any atom is 0.410 e. The predicted molar refractivity (Wildman–Crippen MR) is 123 cm³/mol. The number of nitrogen functional groups attached to an aromatic ring is 1. The predicted octanol–water partition coefficient (Wildman–Crippen LogP) is 3.99.